The van der Waals surface area contributed by atoms with E-state index in [0.717, 1.165) is 12.8 Å². The summed E-state index contributed by atoms with van der Waals surface area (Å²) in [6, 6.07) is -0.521. The standard InChI is InChI=1S/C15H28N2O3/c1-7-8-9-12(20-6)11(4)14(18)17-13(10(2)3)15(19)16-5/h7,10-13H,1,8-9H2,2-6H3,(H,16,19)(H,17,18)/t11-,12-,13+/m1/s1. The average Bonchev–Trinajstić information content (AvgIpc) is 2.43. The summed E-state index contributed by atoms with van der Waals surface area (Å²) in [5, 5.41) is 5.37. The zero-order valence-electron chi connectivity index (χ0n) is 13.2. The van der Waals surface area contributed by atoms with E-state index in [0.29, 0.717) is 0 Å². The fraction of sp³-hybridized carbons (Fsp3) is 0.733. The number of ether oxygens (including phenoxy) is 1. The van der Waals surface area contributed by atoms with Crippen molar-refractivity contribution in [3.8, 4) is 0 Å². The second kappa shape index (κ2) is 9.53. The summed E-state index contributed by atoms with van der Waals surface area (Å²) in [4.78, 5) is 24.0. The molecule has 0 aromatic rings. The van der Waals surface area contributed by atoms with Gasteiger partial charge < -0.3 is 15.4 Å². The molecule has 2 amide bonds. The van der Waals surface area contributed by atoms with Crippen LogP contribution in [0.3, 0.4) is 0 Å². The van der Waals surface area contributed by atoms with Crippen molar-refractivity contribution >= 4 is 11.8 Å². The Labute approximate surface area is 122 Å². The van der Waals surface area contributed by atoms with E-state index in [1.807, 2.05) is 20.8 Å². The molecule has 0 aliphatic carbocycles. The maximum atomic E-state index is 12.2. The number of carbonyl (C=O) groups excluding carboxylic acids is 2. The Bertz CT molecular complexity index is 329. The van der Waals surface area contributed by atoms with Crippen LogP contribution in [0, 0.1) is 11.8 Å². The van der Waals surface area contributed by atoms with Gasteiger partial charge in [-0.05, 0) is 18.8 Å². The summed E-state index contributed by atoms with van der Waals surface area (Å²) in [7, 11) is 3.16. The van der Waals surface area contributed by atoms with E-state index in [9.17, 15) is 9.59 Å². The number of allylic oxidation sites excluding steroid dienone is 1. The van der Waals surface area contributed by atoms with Crippen molar-refractivity contribution in [1.29, 1.82) is 0 Å². The number of rotatable bonds is 9. The smallest absolute Gasteiger partial charge is 0.242 e. The van der Waals surface area contributed by atoms with Crippen molar-refractivity contribution < 1.29 is 14.3 Å². The van der Waals surface area contributed by atoms with Gasteiger partial charge in [-0.3, -0.25) is 9.59 Å². The highest BCUT2D eigenvalue weighted by Crippen LogP contribution is 2.14. The Morgan fingerprint density at radius 1 is 1.25 bits per heavy atom. The summed E-state index contributed by atoms with van der Waals surface area (Å²) >= 11 is 0. The van der Waals surface area contributed by atoms with Crippen LogP contribution in [0.5, 0.6) is 0 Å². The lowest BCUT2D eigenvalue weighted by atomic mass is 9.97. The lowest BCUT2D eigenvalue weighted by Gasteiger charge is -2.26. The van der Waals surface area contributed by atoms with E-state index in [1.165, 1.54) is 0 Å². The van der Waals surface area contributed by atoms with Gasteiger partial charge in [0.1, 0.15) is 6.04 Å². The Balaban J connectivity index is 4.69. The fourth-order valence-corrected chi connectivity index (χ4v) is 2.00. The quantitative estimate of drug-likeness (QED) is 0.630. The van der Waals surface area contributed by atoms with Crippen LogP contribution in [0.15, 0.2) is 12.7 Å². The predicted molar refractivity (Wildman–Crippen MR) is 80.2 cm³/mol. The average molecular weight is 284 g/mol. The molecule has 0 aliphatic heterocycles. The molecule has 0 aromatic carbocycles. The van der Waals surface area contributed by atoms with Gasteiger partial charge >= 0.3 is 0 Å². The lowest BCUT2D eigenvalue weighted by molar-refractivity contribution is -0.134. The molecule has 0 heterocycles. The second-order valence-electron chi connectivity index (χ2n) is 5.27. The summed E-state index contributed by atoms with van der Waals surface area (Å²) in [5.74, 6) is -0.630. The van der Waals surface area contributed by atoms with E-state index < -0.39 is 6.04 Å². The molecule has 0 rings (SSSR count). The molecular formula is C15H28N2O3. The summed E-state index contributed by atoms with van der Waals surface area (Å²) in [6.45, 7) is 9.28. The third kappa shape index (κ3) is 5.74. The predicted octanol–water partition coefficient (Wildman–Crippen LogP) is 1.49. The Morgan fingerprint density at radius 2 is 1.85 bits per heavy atom. The van der Waals surface area contributed by atoms with Crippen LogP contribution < -0.4 is 10.6 Å². The maximum absolute atomic E-state index is 12.2. The first-order valence-corrected chi connectivity index (χ1v) is 7.04. The van der Waals surface area contributed by atoms with E-state index in [-0.39, 0.29) is 29.8 Å². The molecule has 3 atom stereocenters. The van der Waals surface area contributed by atoms with Gasteiger partial charge in [0.2, 0.25) is 11.8 Å². The molecule has 0 spiro atoms. The van der Waals surface area contributed by atoms with Gasteiger partial charge in [0, 0.05) is 14.2 Å². The van der Waals surface area contributed by atoms with Crippen LogP contribution in [0.25, 0.3) is 0 Å². The summed E-state index contributed by atoms with van der Waals surface area (Å²) in [6.07, 6.45) is 3.16. The van der Waals surface area contributed by atoms with E-state index in [1.54, 1.807) is 20.2 Å². The van der Waals surface area contributed by atoms with Crippen molar-refractivity contribution in [2.24, 2.45) is 11.8 Å². The lowest BCUT2D eigenvalue weighted by Crippen LogP contribution is -2.51. The van der Waals surface area contributed by atoms with Gasteiger partial charge in [-0.2, -0.15) is 0 Å². The van der Waals surface area contributed by atoms with Crippen molar-refractivity contribution in [3.05, 3.63) is 12.7 Å². The molecule has 20 heavy (non-hydrogen) atoms. The first-order chi connectivity index (χ1) is 9.38. The number of hydrogen-bond donors (Lipinski definition) is 2. The fourth-order valence-electron chi connectivity index (χ4n) is 2.00. The number of amides is 2. The zero-order chi connectivity index (χ0) is 15.7. The number of hydrogen-bond acceptors (Lipinski definition) is 3. The molecule has 0 radical (unpaired) electrons. The minimum atomic E-state index is -0.521. The number of methoxy groups -OCH3 is 1. The van der Waals surface area contributed by atoms with Gasteiger partial charge in [0.05, 0.1) is 12.0 Å². The van der Waals surface area contributed by atoms with Gasteiger partial charge in [-0.15, -0.1) is 6.58 Å². The van der Waals surface area contributed by atoms with Gasteiger partial charge in [-0.1, -0.05) is 26.8 Å². The molecular weight excluding hydrogens is 256 g/mol. The largest absolute Gasteiger partial charge is 0.381 e. The SMILES string of the molecule is C=CCC[C@@H](OC)[C@@H](C)C(=O)N[C@H](C(=O)NC)C(C)C. The third-order valence-corrected chi connectivity index (χ3v) is 3.42. The molecule has 0 aliphatic rings. The Hall–Kier alpha value is -1.36. The van der Waals surface area contributed by atoms with E-state index in [4.69, 9.17) is 4.74 Å². The molecule has 5 nitrogen and oxygen atoms in total. The Kier molecular flexibility index (Phi) is 8.88. The molecule has 0 saturated heterocycles. The monoisotopic (exact) mass is 284 g/mol. The van der Waals surface area contributed by atoms with Gasteiger partial charge in [-0.25, -0.2) is 0 Å². The van der Waals surface area contributed by atoms with Crippen molar-refractivity contribution in [1.82, 2.24) is 10.6 Å². The molecule has 5 heteroatoms. The molecule has 116 valence electrons. The highest BCUT2D eigenvalue weighted by Gasteiger charge is 2.29. The van der Waals surface area contributed by atoms with E-state index in [2.05, 4.69) is 17.2 Å². The van der Waals surface area contributed by atoms with Crippen LogP contribution in [0.1, 0.15) is 33.6 Å². The highest BCUT2D eigenvalue weighted by atomic mass is 16.5. The minimum Gasteiger partial charge on any atom is -0.381 e. The summed E-state index contributed by atoms with van der Waals surface area (Å²) in [5.41, 5.74) is 0. The molecule has 0 aromatic heterocycles. The first kappa shape index (κ1) is 18.6. The number of likely N-dealkylation sites (N-methyl/N-ethyl adjacent to an activating group) is 1. The Morgan fingerprint density at radius 3 is 2.25 bits per heavy atom. The molecule has 0 saturated carbocycles. The van der Waals surface area contributed by atoms with E-state index >= 15 is 0 Å². The number of carbonyl (C=O) groups is 2. The van der Waals surface area contributed by atoms with Crippen LogP contribution in [0.2, 0.25) is 0 Å². The normalized spacial score (nSPS) is 15.3. The van der Waals surface area contributed by atoms with Crippen molar-refractivity contribution in [2.75, 3.05) is 14.2 Å². The third-order valence-electron chi connectivity index (χ3n) is 3.42. The number of nitrogens with one attached hydrogen (secondary N) is 2. The molecule has 2 N–H and O–H groups in total. The zero-order valence-corrected chi connectivity index (χ0v) is 13.2. The van der Waals surface area contributed by atoms with Crippen molar-refractivity contribution in [2.45, 2.75) is 45.8 Å². The first-order valence-electron chi connectivity index (χ1n) is 7.04. The topological polar surface area (TPSA) is 67.4 Å². The van der Waals surface area contributed by atoms with Crippen LogP contribution in [-0.4, -0.2) is 38.1 Å². The van der Waals surface area contributed by atoms with Crippen LogP contribution >= 0.6 is 0 Å². The molecule has 0 fully saturated rings. The molecule has 0 unspecified atom stereocenters. The van der Waals surface area contributed by atoms with Gasteiger partial charge in [0.15, 0.2) is 0 Å². The summed E-state index contributed by atoms with van der Waals surface area (Å²) < 4.78 is 5.36. The van der Waals surface area contributed by atoms with Gasteiger partial charge in [0.25, 0.3) is 0 Å². The van der Waals surface area contributed by atoms with Crippen LogP contribution in [-0.2, 0) is 14.3 Å². The highest BCUT2D eigenvalue weighted by molar-refractivity contribution is 5.88. The van der Waals surface area contributed by atoms with Crippen LogP contribution in [0.4, 0.5) is 0 Å². The minimum absolute atomic E-state index is 0.0280. The maximum Gasteiger partial charge on any atom is 0.242 e. The molecule has 0 bridgehead atoms. The van der Waals surface area contributed by atoms with Crippen molar-refractivity contribution in [3.63, 3.8) is 0 Å². The second-order valence-corrected chi connectivity index (χ2v) is 5.27.